The van der Waals surface area contributed by atoms with E-state index in [0.29, 0.717) is 6.54 Å². The molecule has 0 spiro atoms. The Bertz CT molecular complexity index is 718. The van der Waals surface area contributed by atoms with Gasteiger partial charge in [0.15, 0.2) is 0 Å². The molecule has 2 heterocycles. The Kier molecular flexibility index (Phi) is 2.93. The maximum absolute atomic E-state index is 5.74. The summed E-state index contributed by atoms with van der Waals surface area (Å²) < 4.78 is 7.26. The van der Waals surface area contributed by atoms with Crippen molar-refractivity contribution in [1.82, 2.24) is 9.38 Å². The third-order valence-electron chi connectivity index (χ3n) is 3.15. The van der Waals surface area contributed by atoms with E-state index in [-0.39, 0.29) is 0 Å². The third-order valence-corrected chi connectivity index (χ3v) is 3.15. The highest BCUT2D eigenvalue weighted by Crippen LogP contribution is 2.23. The molecule has 1 aromatic carbocycles. The molecule has 19 heavy (non-hydrogen) atoms. The lowest BCUT2D eigenvalue weighted by atomic mass is 10.1. The van der Waals surface area contributed by atoms with Crippen molar-refractivity contribution in [2.45, 2.75) is 6.54 Å². The Morgan fingerprint density at radius 3 is 2.84 bits per heavy atom. The van der Waals surface area contributed by atoms with E-state index < -0.39 is 0 Å². The summed E-state index contributed by atoms with van der Waals surface area (Å²) in [5.41, 5.74) is 9.64. The number of benzene rings is 1. The summed E-state index contributed by atoms with van der Waals surface area (Å²) in [6.07, 6.45) is 2.01. The molecule has 2 N–H and O–H groups in total. The molecule has 0 amide bonds. The lowest BCUT2D eigenvalue weighted by Crippen LogP contribution is -2.02. The van der Waals surface area contributed by atoms with E-state index in [4.69, 9.17) is 10.5 Å². The number of hydrogen-bond donors (Lipinski definition) is 1. The fraction of sp³-hybridized carbons (Fsp3) is 0.133. The summed E-state index contributed by atoms with van der Waals surface area (Å²) in [7, 11) is 1.66. The maximum atomic E-state index is 5.74. The number of imidazole rings is 1. The fourth-order valence-electron chi connectivity index (χ4n) is 2.16. The number of rotatable bonds is 3. The molecule has 0 radical (unpaired) electrons. The van der Waals surface area contributed by atoms with Gasteiger partial charge >= 0.3 is 0 Å². The SMILES string of the molecule is COc1cccc(-c2cn3c(CN)cccc3n2)c1. The molecule has 0 saturated carbocycles. The largest absolute Gasteiger partial charge is 0.497 e. The first-order chi connectivity index (χ1) is 9.31. The standard InChI is InChI=1S/C15H15N3O/c1-19-13-6-2-4-11(8-13)14-10-18-12(9-16)5-3-7-15(18)17-14/h2-8,10H,9,16H2,1H3. The highest BCUT2D eigenvalue weighted by molar-refractivity contribution is 5.64. The summed E-state index contributed by atoms with van der Waals surface area (Å²) in [5.74, 6) is 0.827. The average Bonchev–Trinajstić information content (AvgIpc) is 2.91. The van der Waals surface area contributed by atoms with Gasteiger partial charge in [0, 0.05) is 24.0 Å². The summed E-state index contributed by atoms with van der Waals surface area (Å²) in [6.45, 7) is 0.491. The van der Waals surface area contributed by atoms with Crippen LogP contribution in [0.1, 0.15) is 5.69 Å². The molecule has 0 atom stereocenters. The van der Waals surface area contributed by atoms with Crippen molar-refractivity contribution in [2.75, 3.05) is 7.11 Å². The van der Waals surface area contributed by atoms with Gasteiger partial charge in [0.05, 0.1) is 12.8 Å². The van der Waals surface area contributed by atoms with Crippen molar-refractivity contribution in [3.05, 3.63) is 54.4 Å². The normalized spacial score (nSPS) is 10.8. The van der Waals surface area contributed by atoms with Gasteiger partial charge < -0.3 is 14.9 Å². The van der Waals surface area contributed by atoms with Crippen LogP contribution >= 0.6 is 0 Å². The zero-order valence-corrected chi connectivity index (χ0v) is 10.7. The zero-order valence-electron chi connectivity index (χ0n) is 10.7. The van der Waals surface area contributed by atoms with Crippen LogP contribution in [0.15, 0.2) is 48.7 Å². The number of nitrogens with two attached hydrogens (primary N) is 1. The molecule has 0 fully saturated rings. The lowest BCUT2D eigenvalue weighted by molar-refractivity contribution is 0.415. The third kappa shape index (κ3) is 2.06. The number of pyridine rings is 1. The van der Waals surface area contributed by atoms with E-state index in [2.05, 4.69) is 4.98 Å². The van der Waals surface area contributed by atoms with Crippen LogP contribution in [-0.2, 0) is 6.54 Å². The van der Waals surface area contributed by atoms with E-state index >= 15 is 0 Å². The van der Waals surface area contributed by atoms with Gasteiger partial charge in [-0.2, -0.15) is 0 Å². The predicted molar refractivity (Wildman–Crippen MR) is 75.1 cm³/mol. The molecule has 96 valence electrons. The average molecular weight is 253 g/mol. The van der Waals surface area contributed by atoms with Crippen LogP contribution in [0.5, 0.6) is 5.75 Å². The molecule has 2 aromatic heterocycles. The first-order valence-electron chi connectivity index (χ1n) is 6.13. The summed E-state index contributed by atoms with van der Waals surface area (Å²) >= 11 is 0. The van der Waals surface area contributed by atoms with Gasteiger partial charge in [-0.05, 0) is 24.3 Å². The zero-order chi connectivity index (χ0) is 13.2. The quantitative estimate of drug-likeness (QED) is 0.780. The number of hydrogen-bond acceptors (Lipinski definition) is 3. The van der Waals surface area contributed by atoms with Crippen molar-refractivity contribution in [2.24, 2.45) is 5.73 Å². The smallest absolute Gasteiger partial charge is 0.137 e. The Morgan fingerprint density at radius 2 is 2.05 bits per heavy atom. The fourth-order valence-corrected chi connectivity index (χ4v) is 2.16. The molecule has 4 nitrogen and oxygen atoms in total. The number of nitrogens with zero attached hydrogens (tertiary/aromatic N) is 2. The molecule has 0 aliphatic heterocycles. The second kappa shape index (κ2) is 4.74. The van der Waals surface area contributed by atoms with Crippen LogP contribution in [-0.4, -0.2) is 16.5 Å². The molecule has 0 saturated heterocycles. The lowest BCUT2D eigenvalue weighted by Gasteiger charge is -2.01. The van der Waals surface area contributed by atoms with Crippen LogP contribution in [0.3, 0.4) is 0 Å². The highest BCUT2D eigenvalue weighted by atomic mass is 16.5. The van der Waals surface area contributed by atoms with Crippen LogP contribution in [0, 0.1) is 0 Å². The van der Waals surface area contributed by atoms with Crippen molar-refractivity contribution in [3.63, 3.8) is 0 Å². The summed E-state index contributed by atoms with van der Waals surface area (Å²) in [4.78, 5) is 4.62. The van der Waals surface area contributed by atoms with E-state index in [1.54, 1.807) is 7.11 Å². The molecule has 0 unspecified atom stereocenters. The number of aromatic nitrogens is 2. The maximum Gasteiger partial charge on any atom is 0.137 e. The number of ether oxygens (including phenoxy) is 1. The van der Waals surface area contributed by atoms with Gasteiger partial charge in [-0.25, -0.2) is 4.98 Å². The molecule has 0 bridgehead atoms. The Hall–Kier alpha value is -2.33. The number of fused-ring (bicyclic) bond motifs is 1. The minimum atomic E-state index is 0.491. The second-order valence-electron chi connectivity index (χ2n) is 4.31. The van der Waals surface area contributed by atoms with Gasteiger partial charge in [0.2, 0.25) is 0 Å². The van der Waals surface area contributed by atoms with Crippen LogP contribution < -0.4 is 10.5 Å². The molecule has 4 heteroatoms. The summed E-state index contributed by atoms with van der Waals surface area (Å²) in [6, 6.07) is 13.8. The number of methoxy groups -OCH3 is 1. The second-order valence-corrected chi connectivity index (χ2v) is 4.31. The highest BCUT2D eigenvalue weighted by Gasteiger charge is 2.07. The van der Waals surface area contributed by atoms with Crippen LogP contribution in [0.2, 0.25) is 0 Å². The van der Waals surface area contributed by atoms with Crippen LogP contribution in [0.4, 0.5) is 0 Å². The molecule has 3 aromatic rings. The predicted octanol–water partition coefficient (Wildman–Crippen LogP) is 2.47. The molecule has 0 aliphatic rings. The summed E-state index contributed by atoms with van der Waals surface area (Å²) in [5, 5.41) is 0. The van der Waals surface area contributed by atoms with Gasteiger partial charge in [-0.1, -0.05) is 18.2 Å². The first-order valence-corrected chi connectivity index (χ1v) is 6.13. The minimum Gasteiger partial charge on any atom is -0.497 e. The van der Waals surface area contributed by atoms with E-state index in [1.807, 2.05) is 53.1 Å². The Balaban J connectivity index is 2.15. The topological polar surface area (TPSA) is 52.5 Å². The van der Waals surface area contributed by atoms with Gasteiger partial charge in [-0.15, -0.1) is 0 Å². The van der Waals surface area contributed by atoms with E-state index in [9.17, 15) is 0 Å². The minimum absolute atomic E-state index is 0.491. The van der Waals surface area contributed by atoms with Crippen molar-refractivity contribution in [3.8, 4) is 17.0 Å². The van der Waals surface area contributed by atoms with Crippen molar-refractivity contribution < 1.29 is 4.74 Å². The molecule has 3 rings (SSSR count). The van der Waals surface area contributed by atoms with Gasteiger partial charge in [0.25, 0.3) is 0 Å². The first kappa shape index (κ1) is 11.7. The van der Waals surface area contributed by atoms with Crippen molar-refractivity contribution in [1.29, 1.82) is 0 Å². The molecule has 0 aliphatic carbocycles. The van der Waals surface area contributed by atoms with E-state index in [1.165, 1.54) is 0 Å². The van der Waals surface area contributed by atoms with Crippen LogP contribution in [0.25, 0.3) is 16.9 Å². The van der Waals surface area contributed by atoms with Gasteiger partial charge in [-0.3, -0.25) is 0 Å². The Labute approximate surface area is 111 Å². The monoisotopic (exact) mass is 253 g/mol. The Morgan fingerprint density at radius 1 is 1.21 bits per heavy atom. The van der Waals surface area contributed by atoms with Gasteiger partial charge in [0.1, 0.15) is 11.4 Å². The molecular formula is C15H15N3O. The molecular weight excluding hydrogens is 238 g/mol. The van der Waals surface area contributed by atoms with Crippen molar-refractivity contribution >= 4 is 5.65 Å². The van der Waals surface area contributed by atoms with E-state index in [0.717, 1.165) is 28.3 Å².